The maximum absolute atomic E-state index is 13.5. The van der Waals surface area contributed by atoms with Gasteiger partial charge < -0.3 is 9.47 Å². The van der Waals surface area contributed by atoms with Gasteiger partial charge in [0.2, 0.25) is 0 Å². The first-order chi connectivity index (χ1) is 11.1. The van der Waals surface area contributed by atoms with Gasteiger partial charge >= 0.3 is 5.97 Å². The molecule has 0 aliphatic rings. The van der Waals surface area contributed by atoms with Crippen LogP contribution in [0.25, 0.3) is 6.08 Å². The van der Waals surface area contributed by atoms with E-state index < -0.39 is 24.2 Å². The summed E-state index contributed by atoms with van der Waals surface area (Å²) in [5.41, 5.74) is 0.955. The number of carbonyl (C=O) groups is 2. The van der Waals surface area contributed by atoms with E-state index in [1.807, 2.05) is 30.3 Å². The molecule has 0 radical (unpaired) electrons. The molecule has 0 fully saturated rings. The Labute approximate surface area is 133 Å². The molecule has 0 bridgehead atoms. The quantitative estimate of drug-likeness (QED) is 0.466. The summed E-state index contributed by atoms with van der Waals surface area (Å²) in [6.07, 6.45) is 2.82. The summed E-state index contributed by atoms with van der Waals surface area (Å²) < 4.78 is 23.1. The van der Waals surface area contributed by atoms with Gasteiger partial charge in [-0.2, -0.15) is 0 Å². The van der Waals surface area contributed by atoms with Gasteiger partial charge in [-0.3, -0.25) is 4.79 Å². The van der Waals surface area contributed by atoms with Crippen LogP contribution in [0.2, 0.25) is 0 Å². The van der Waals surface area contributed by atoms with E-state index in [9.17, 15) is 14.0 Å². The van der Waals surface area contributed by atoms with Crippen molar-refractivity contribution in [1.29, 1.82) is 0 Å². The van der Waals surface area contributed by atoms with Crippen LogP contribution in [0.5, 0.6) is 5.75 Å². The molecule has 0 aliphatic heterocycles. The van der Waals surface area contributed by atoms with E-state index in [1.165, 1.54) is 25.3 Å². The largest absolute Gasteiger partial charge is 0.494 e. The zero-order valence-electron chi connectivity index (χ0n) is 12.5. The standard InChI is InChI=1S/C18H15FO4/c1-22-17-9-8-14(11-15(17)19)16(20)12-23-18(21)10-7-13-5-3-2-4-6-13/h2-11H,12H2,1H3/b10-7+. The van der Waals surface area contributed by atoms with E-state index in [2.05, 4.69) is 0 Å². The van der Waals surface area contributed by atoms with Gasteiger partial charge in [0.05, 0.1) is 7.11 Å². The second-order valence-electron chi connectivity index (χ2n) is 4.62. The second-order valence-corrected chi connectivity index (χ2v) is 4.62. The third-order valence-corrected chi connectivity index (χ3v) is 3.03. The molecule has 23 heavy (non-hydrogen) atoms. The lowest BCUT2D eigenvalue weighted by Gasteiger charge is -2.05. The van der Waals surface area contributed by atoms with Crippen LogP contribution in [-0.2, 0) is 9.53 Å². The van der Waals surface area contributed by atoms with Crippen molar-refractivity contribution in [3.05, 3.63) is 71.6 Å². The molecule has 0 N–H and O–H groups in total. The summed E-state index contributed by atoms with van der Waals surface area (Å²) >= 11 is 0. The summed E-state index contributed by atoms with van der Waals surface area (Å²) in [5.74, 6) is -1.73. The SMILES string of the molecule is COc1ccc(C(=O)COC(=O)/C=C/c2ccccc2)cc1F. The number of Topliss-reactive ketones (excluding diaryl/α,β-unsaturated/α-hetero) is 1. The van der Waals surface area contributed by atoms with Gasteiger partial charge in [0.15, 0.2) is 24.0 Å². The van der Waals surface area contributed by atoms with Crippen LogP contribution < -0.4 is 4.74 Å². The average molecular weight is 314 g/mol. The predicted octanol–water partition coefficient (Wildman–Crippen LogP) is 3.27. The minimum Gasteiger partial charge on any atom is -0.494 e. The molecular weight excluding hydrogens is 299 g/mol. The first kappa shape index (κ1) is 16.4. The van der Waals surface area contributed by atoms with E-state index in [0.717, 1.165) is 11.6 Å². The Hall–Kier alpha value is -2.95. The van der Waals surface area contributed by atoms with E-state index in [-0.39, 0.29) is 11.3 Å². The molecule has 0 spiro atoms. The van der Waals surface area contributed by atoms with Crippen molar-refractivity contribution < 1.29 is 23.5 Å². The summed E-state index contributed by atoms with van der Waals surface area (Å²) in [5, 5.41) is 0. The highest BCUT2D eigenvalue weighted by Gasteiger charge is 2.11. The number of esters is 1. The second kappa shape index (κ2) is 7.89. The number of carbonyl (C=O) groups excluding carboxylic acids is 2. The number of ketones is 1. The van der Waals surface area contributed by atoms with Gasteiger partial charge in [-0.15, -0.1) is 0 Å². The minimum absolute atomic E-state index is 0.0457. The van der Waals surface area contributed by atoms with Crippen molar-refractivity contribution in [2.75, 3.05) is 13.7 Å². The summed E-state index contributed by atoms with van der Waals surface area (Å²) in [6.45, 7) is -0.455. The fourth-order valence-corrected chi connectivity index (χ4v) is 1.84. The lowest BCUT2D eigenvalue weighted by Crippen LogP contribution is -2.12. The zero-order chi connectivity index (χ0) is 16.7. The highest BCUT2D eigenvalue weighted by Crippen LogP contribution is 2.18. The van der Waals surface area contributed by atoms with E-state index >= 15 is 0 Å². The van der Waals surface area contributed by atoms with Crippen molar-refractivity contribution in [2.45, 2.75) is 0 Å². The van der Waals surface area contributed by atoms with Crippen LogP contribution in [0, 0.1) is 5.82 Å². The summed E-state index contributed by atoms with van der Waals surface area (Å²) in [6, 6.07) is 13.0. The first-order valence-electron chi connectivity index (χ1n) is 6.87. The zero-order valence-corrected chi connectivity index (χ0v) is 12.5. The van der Waals surface area contributed by atoms with Crippen molar-refractivity contribution >= 4 is 17.8 Å². The van der Waals surface area contributed by atoms with Crippen LogP contribution in [0.1, 0.15) is 15.9 Å². The molecule has 0 heterocycles. The molecule has 0 unspecified atom stereocenters. The Kier molecular flexibility index (Phi) is 5.63. The number of hydrogen-bond donors (Lipinski definition) is 0. The summed E-state index contributed by atoms with van der Waals surface area (Å²) in [7, 11) is 1.33. The van der Waals surface area contributed by atoms with Crippen molar-refractivity contribution in [3.8, 4) is 5.75 Å². The normalized spacial score (nSPS) is 10.5. The third-order valence-electron chi connectivity index (χ3n) is 3.03. The van der Waals surface area contributed by atoms with Crippen LogP contribution in [0.3, 0.4) is 0 Å². The topological polar surface area (TPSA) is 52.6 Å². The van der Waals surface area contributed by atoms with Crippen LogP contribution >= 0.6 is 0 Å². The van der Waals surface area contributed by atoms with Crippen molar-refractivity contribution in [3.63, 3.8) is 0 Å². The molecule has 0 aromatic heterocycles. The highest BCUT2D eigenvalue weighted by molar-refractivity contribution is 5.99. The van der Waals surface area contributed by atoms with Gasteiger partial charge in [-0.05, 0) is 29.8 Å². The number of methoxy groups -OCH3 is 1. The van der Waals surface area contributed by atoms with Crippen LogP contribution in [-0.4, -0.2) is 25.5 Å². The van der Waals surface area contributed by atoms with Gasteiger partial charge in [0.25, 0.3) is 0 Å². The van der Waals surface area contributed by atoms with Crippen LogP contribution in [0.15, 0.2) is 54.6 Å². The van der Waals surface area contributed by atoms with Crippen LogP contribution in [0.4, 0.5) is 4.39 Å². The molecule has 0 atom stereocenters. The maximum Gasteiger partial charge on any atom is 0.331 e. The molecule has 4 nitrogen and oxygen atoms in total. The molecule has 2 aromatic carbocycles. The highest BCUT2D eigenvalue weighted by atomic mass is 19.1. The van der Waals surface area contributed by atoms with Gasteiger partial charge in [0.1, 0.15) is 0 Å². The number of benzene rings is 2. The Balaban J connectivity index is 1.90. The van der Waals surface area contributed by atoms with Crippen molar-refractivity contribution in [2.24, 2.45) is 0 Å². The molecule has 0 aliphatic carbocycles. The number of hydrogen-bond acceptors (Lipinski definition) is 4. The van der Waals surface area contributed by atoms with E-state index in [1.54, 1.807) is 6.08 Å². The molecule has 2 rings (SSSR count). The molecule has 118 valence electrons. The Morgan fingerprint density at radius 1 is 1.13 bits per heavy atom. The third kappa shape index (κ3) is 4.78. The molecule has 0 amide bonds. The first-order valence-corrected chi connectivity index (χ1v) is 6.87. The molecular formula is C18H15FO4. The molecule has 2 aromatic rings. The smallest absolute Gasteiger partial charge is 0.331 e. The van der Waals surface area contributed by atoms with Gasteiger partial charge in [0, 0.05) is 11.6 Å². The number of halogens is 1. The van der Waals surface area contributed by atoms with E-state index in [0.29, 0.717) is 0 Å². The Morgan fingerprint density at radius 3 is 2.52 bits per heavy atom. The van der Waals surface area contributed by atoms with Gasteiger partial charge in [-0.25, -0.2) is 9.18 Å². The number of ether oxygens (including phenoxy) is 2. The lowest BCUT2D eigenvalue weighted by molar-refractivity contribution is -0.136. The minimum atomic E-state index is -0.645. The molecule has 0 saturated heterocycles. The molecule has 0 saturated carbocycles. The fourth-order valence-electron chi connectivity index (χ4n) is 1.84. The van der Waals surface area contributed by atoms with E-state index in [4.69, 9.17) is 9.47 Å². The fraction of sp³-hybridized carbons (Fsp3) is 0.111. The molecule has 5 heteroatoms. The van der Waals surface area contributed by atoms with Crippen molar-refractivity contribution in [1.82, 2.24) is 0 Å². The number of rotatable bonds is 6. The lowest BCUT2D eigenvalue weighted by atomic mass is 10.1. The maximum atomic E-state index is 13.5. The monoisotopic (exact) mass is 314 g/mol. The summed E-state index contributed by atoms with van der Waals surface area (Å²) in [4.78, 5) is 23.4. The van der Waals surface area contributed by atoms with Gasteiger partial charge in [-0.1, -0.05) is 30.3 Å². The Bertz CT molecular complexity index is 723. The predicted molar refractivity (Wildman–Crippen MR) is 83.7 cm³/mol. The Morgan fingerprint density at radius 2 is 1.87 bits per heavy atom. The average Bonchev–Trinajstić information content (AvgIpc) is 2.58.